The van der Waals surface area contributed by atoms with Crippen molar-refractivity contribution in [2.75, 3.05) is 10.6 Å². The molecular formula is C23H18FN5O3. The molecular weight excluding hydrogens is 413 g/mol. The van der Waals surface area contributed by atoms with Gasteiger partial charge in [0.15, 0.2) is 5.82 Å². The minimum Gasteiger partial charge on any atom is -0.450 e. The number of anilines is 2. The number of nitrogens with zero attached hydrogens (tertiary/aromatic N) is 2. The lowest BCUT2D eigenvalue weighted by Gasteiger charge is -2.34. The van der Waals surface area contributed by atoms with Gasteiger partial charge in [0.2, 0.25) is 0 Å². The number of carbonyl (C=O) groups is 1. The highest BCUT2D eigenvalue weighted by atomic mass is 19.1. The van der Waals surface area contributed by atoms with Crippen LogP contribution in [0.3, 0.4) is 0 Å². The molecule has 0 unspecified atom stereocenters. The van der Waals surface area contributed by atoms with Crippen LogP contribution in [-0.2, 0) is 10.3 Å². The van der Waals surface area contributed by atoms with Gasteiger partial charge in [-0.25, -0.2) is 14.2 Å². The van der Waals surface area contributed by atoms with E-state index in [2.05, 4.69) is 25.6 Å². The second kappa shape index (κ2) is 6.74. The summed E-state index contributed by atoms with van der Waals surface area (Å²) in [6, 6.07) is 7.48. The highest BCUT2D eigenvalue weighted by Crippen LogP contribution is 2.48. The number of pyridine rings is 1. The number of aromatic amines is 1. The Morgan fingerprint density at radius 2 is 1.81 bits per heavy atom. The predicted octanol–water partition coefficient (Wildman–Crippen LogP) is 3.66. The normalized spacial score (nSPS) is 21.1. The molecule has 0 radical (unpaired) electrons. The fourth-order valence-electron chi connectivity index (χ4n) is 4.68. The number of halogens is 1. The molecule has 1 aliphatic carbocycles. The Hall–Kier alpha value is -4.01. The summed E-state index contributed by atoms with van der Waals surface area (Å²) in [4.78, 5) is 36.3. The van der Waals surface area contributed by atoms with E-state index in [1.54, 1.807) is 30.6 Å². The molecule has 0 atom stereocenters. The first-order valence-electron chi connectivity index (χ1n) is 10.4. The molecule has 3 aromatic rings. The number of H-pyrrole nitrogens is 1. The number of aromatic nitrogens is 3. The smallest absolute Gasteiger partial charge is 0.339 e. The number of allylic oxidation sites excluding steroid dienone is 1. The molecule has 0 bridgehead atoms. The lowest BCUT2D eigenvalue weighted by atomic mass is 9.78. The average Bonchev–Trinajstić information content (AvgIpc) is 3.35. The molecule has 2 aliphatic heterocycles. The van der Waals surface area contributed by atoms with Gasteiger partial charge in [0.25, 0.3) is 5.56 Å². The van der Waals surface area contributed by atoms with Gasteiger partial charge in [-0.15, -0.1) is 0 Å². The summed E-state index contributed by atoms with van der Waals surface area (Å²) in [7, 11) is 0. The maximum atomic E-state index is 13.2. The summed E-state index contributed by atoms with van der Waals surface area (Å²) < 4.78 is 19.0. The third-order valence-electron chi connectivity index (χ3n) is 6.37. The van der Waals surface area contributed by atoms with E-state index >= 15 is 0 Å². The Bertz CT molecular complexity index is 1350. The topological polar surface area (TPSA) is 109 Å². The molecule has 160 valence electrons. The molecule has 4 heterocycles. The van der Waals surface area contributed by atoms with Crippen molar-refractivity contribution in [2.45, 2.75) is 31.3 Å². The zero-order valence-electron chi connectivity index (χ0n) is 16.9. The molecule has 1 fully saturated rings. The molecule has 9 heteroatoms. The first-order chi connectivity index (χ1) is 15.5. The van der Waals surface area contributed by atoms with E-state index in [0.29, 0.717) is 54.1 Å². The third kappa shape index (κ3) is 2.81. The summed E-state index contributed by atoms with van der Waals surface area (Å²) in [5.41, 5.74) is 2.56. The van der Waals surface area contributed by atoms with E-state index in [4.69, 9.17) is 4.74 Å². The van der Waals surface area contributed by atoms with Crippen LogP contribution >= 0.6 is 0 Å². The van der Waals surface area contributed by atoms with Crippen LogP contribution in [0.1, 0.15) is 41.6 Å². The minimum absolute atomic E-state index is 0.299. The molecule has 1 saturated carbocycles. The molecule has 3 aliphatic rings. The van der Waals surface area contributed by atoms with Crippen molar-refractivity contribution in [1.29, 1.82) is 0 Å². The van der Waals surface area contributed by atoms with Gasteiger partial charge < -0.3 is 20.4 Å². The van der Waals surface area contributed by atoms with E-state index in [1.807, 2.05) is 0 Å². The molecule has 8 nitrogen and oxygen atoms in total. The number of hydrogen-bond donors (Lipinski definition) is 3. The van der Waals surface area contributed by atoms with Crippen molar-refractivity contribution in [3.05, 3.63) is 81.4 Å². The maximum Gasteiger partial charge on any atom is 0.339 e. The lowest BCUT2D eigenvalue weighted by Crippen LogP contribution is -2.30. The number of nitrogens with one attached hydrogen (secondary N) is 3. The predicted molar refractivity (Wildman–Crippen MR) is 114 cm³/mol. The molecule has 32 heavy (non-hydrogen) atoms. The van der Waals surface area contributed by atoms with Crippen molar-refractivity contribution in [1.82, 2.24) is 15.0 Å². The Morgan fingerprint density at radius 1 is 1.03 bits per heavy atom. The van der Waals surface area contributed by atoms with Gasteiger partial charge in [-0.1, -0.05) is 0 Å². The fourth-order valence-corrected chi connectivity index (χ4v) is 4.68. The summed E-state index contributed by atoms with van der Waals surface area (Å²) in [6.45, 7) is 0. The first-order valence-corrected chi connectivity index (χ1v) is 10.4. The summed E-state index contributed by atoms with van der Waals surface area (Å²) in [5, 5.41) is 6.37. The van der Waals surface area contributed by atoms with E-state index in [9.17, 15) is 14.0 Å². The van der Waals surface area contributed by atoms with Crippen LogP contribution in [0, 0.1) is 5.82 Å². The summed E-state index contributed by atoms with van der Waals surface area (Å²) in [5.74, 6) is 0.869. The van der Waals surface area contributed by atoms with Crippen LogP contribution in [0.2, 0.25) is 0 Å². The summed E-state index contributed by atoms with van der Waals surface area (Å²) in [6.07, 6.45) is 5.98. The number of ether oxygens (including phenoxy) is 1. The molecule has 2 aromatic heterocycles. The van der Waals surface area contributed by atoms with E-state index in [0.717, 1.165) is 17.0 Å². The van der Waals surface area contributed by atoms with Gasteiger partial charge >= 0.3 is 5.97 Å². The maximum absolute atomic E-state index is 13.2. The highest BCUT2D eigenvalue weighted by molar-refractivity contribution is 5.94. The van der Waals surface area contributed by atoms with Gasteiger partial charge in [-0.2, -0.15) is 0 Å². The van der Waals surface area contributed by atoms with Crippen LogP contribution in [0.25, 0.3) is 11.4 Å². The van der Waals surface area contributed by atoms with Gasteiger partial charge in [0.05, 0.1) is 5.56 Å². The minimum atomic E-state index is -0.637. The van der Waals surface area contributed by atoms with E-state index in [1.165, 1.54) is 12.1 Å². The number of hydrogen-bond acceptors (Lipinski definition) is 7. The van der Waals surface area contributed by atoms with E-state index in [-0.39, 0.29) is 17.3 Å². The van der Waals surface area contributed by atoms with Crippen molar-refractivity contribution in [3.8, 4) is 11.4 Å². The third-order valence-corrected chi connectivity index (χ3v) is 6.37. The second-order valence-electron chi connectivity index (χ2n) is 8.18. The number of rotatable bonds is 1. The Labute approximate surface area is 181 Å². The number of fused-ring (bicyclic) bond motifs is 3. The Kier molecular flexibility index (Phi) is 3.95. The highest BCUT2D eigenvalue weighted by Gasteiger charge is 2.47. The van der Waals surface area contributed by atoms with Crippen LogP contribution in [0.5, 0.6) is 0 Å². The van der Waals surface area contributed by atoms with Gasteiger partial charge in [0.1, 0.15) is 28.8 Å². The Balaban J connectivity index is 1.26. The average molecular weight is 431 g/mol. The van der Waals surface area contributed by atoms with Crippen LogP contribution < -0.4 is 16.2 Å². The quantitative estimate of drug-likeness (QED) is 0.505. The number of carbonyl (C=O) groups excluding carboxylic acids is 1. The monoisotopic (exact) mass is 431 g/mol. The van der Waals surface area contributed by atoms with Crippen molar-refractivity contribution >= 4 is 17.5 Å². The Morgan fingerprint density at radius 3 is 2.59 bits per heavy atom. The van der Waals surface area contributed by atoms with Crippen molar-refractivity contribution < 1.29 is 13.9 Å². The molecule has 1 aromatic carbocycles. The summed E-state index contributed by atoms with van der Waals surface area (Å²) >= 11 is 0. The fraction of sp³-hybridized carbons (Fsp3) is 0.217. The lowest BCUT2D eigenvalue weighted by molar-refractivity contribution is -0.0227. The standard InChI is InChI=1S/C23H18FN5O3/c24-14-3-1-12(2-4-14)19-28-20-17(21(30)29-19)26-18(27-20)13-5-8-23(9-6-13)16-11-25-10-7-15(16)22(31)32-23/h1-4,7,10-11,26H,5-6,8-9H2,(H2,27,28,29,30). The number of esters is 1. The molecule has 6 rings (SSSR count). The van der Waals surface area contributed by atoms with Crippen molar-refractivity contribution in [2.24, 2.45) is 0 Å². The van der Waals surface area contributed by atoms with E-state index < -0.39 is 5.60 Å². The molecule has 0 saturated heterocycles. The van der Waals surface area contributed by atoms with Gasteiger partial charge in [-0.3, -0.25) is 9.78 Å². The van der Waals surface area contributed by atoms with Crippen LogP contribution in [0.15, 0.2) is 58.9 Å². The van der Waals surface area contributed by atoms with Crippen molar-refractivity contribution in [3.63, 3.8) is 0 Å². The second-order valence-corrected chi connectivity index (χ2v) is 8.18. The molecule has 0 amide bonds. The molecule has 1 spiro atoms. The van der Waals surface area contributed by atoms with Gasteiger partial charge in [-0.05, 0) is 61.6 Å². The van der Waals surface area contributed by atoms with Gasteiger partial charge in [0, 0.05) is 23.5 Å². The van der Waals surface area contributed by atoms with Crippen LogP contribution in [0.4, 0.5) is 15.9 Å². The first kappa shape index (κ1) is 18.7. The number of benzene rings is 1. The largest absolute Gasteiger partial charge is 0.450 e. The zero-order chi connectivity index (χ0) is 21.9. The van der Waals surface area contributed by atoms with Crippen LogP contribution in [-0.4, -0.2) is 20.9 Å². The zero-order valence-corrected chi connectivity index (χ0v) is 16.9. The molecule has 3 N–H and O–H groups in total. The SMILES string of the molecule is O=C1OC2(CCC(=C3Nc4nc(-c5ccc(F)cc5)[nH]c(=O)c4N3)CC2)c2cnccc21.